The monoisotopic (exact) mass is 387 g/mol. The predicted molar refractivity (Wildman–Crippen MR) is 102 cm³/mol. The Morgan fingerprint density at radius 2 is 1.85 bits per heavy atom. The molecule has 0 aliphatic heterocycles. The number of rotatable bonds is 6. The van der Waals surface area contributed by atoms with E-state index in [0.29, 0.717) is 11.3 Å². The van der Waals surface area contributed by atoms with Gasteiger partial charge in [-0.15, -0.1) is 0 Å². The zero-order chi connectivity index (χ0) is 19.4. The number of halogens is 2. The lowest BCUT2D eigenvalue weighted by molar-refractivity contribution is 0.0772. The Kier molecular flexibility index (Phi) is 5.76. The van der Waals surface area contributed by atoms with Crippen LogP contribution in [0.15, 0.2) is 54.6 Å². The van der Waals surface area contributed by atoms with Crippen molar-refractivity contribution in [3.63, 3.8) is 0 Å². The van der Waals surface area contributed by atoms with Crippen molar-refractivity contribution in [2.75, 3.05) is 20.2 Å². The number of para-hydroxylation sites is 2. The maximum absolute atomic E-state index is 13.6. The number of carbonyl (C=O) groups excluding carboxylic acids is 1. The molecule has 0 saturated carbocycles. The third kappa shape index (κ3) is 4.11. The van der Waals surface area contributed by atoms with Gasteiger partial charge in [0.25, 0.3) is 5.91 Å². The fraction of sp³-hybridized carbons (Fsp3) is 0.200. The normalized spacial score (nSPS) is 10.7. The lowest BCUT2D eigenvalue weighted by atomic mass is 10.2. The molecular formula is C20H19ClFN3O2. The number of nitrogens with zero attached hydrogens (tertiary/aromatic N) is 3. The van der Waals surface area contributed by atoms with Crippen molar-refractivity contribution in [3.8, 4) is 11.4 Å². The first kappa shape index (κ1) is 18.9. The van der Waals surface area contributed by atoms with Gasteiger partial charge in [-0.25, -0.2) is 9.07 Å². The number of hydrogen-bond donors (Lipinski definition) is 0. The first-order valence-electron chi connectivity index (χ1n) is 8.42. The van der Waals surface area contributed by atoms with E-state index in [0.717, 1.165) is 5.69 Å². The van der Waals surface area contributed by atoms with Gasteiger partial charge >= 0.3 is 0 Å². The number of benzene rings is 2. The summed E-state index contributed by atoms with van der Waals surface area (Å²) >= 11 is 6.43. The first-order chi connectivity index (χ1) is 13.0. The molecule has 1 heterocycles. The summed E-state index contributed by atoms with van der Waals surface area (Å²) in [6.07, 6.45) is 0. The molecule has 2 aromatic carbocycles. The molecule has 0 spiro atoms. The maximum atomic E-state index is 13.6. The SMILES string of the molecule is Cc1nn(-c2ccccc2)c(Cl)c1C(=O)N(C)CCOc1ccccc1F. The zero-order valence-electron chi connectivity index (χ0n) is 15.0. The highest BCUT2D eigenvalue weighted by atomic mass is 35.5. The van der Waals surface area contributed by atoms with Crippen LogP contribution in [-0.2, 0) is 0 Å². The Balaban J connectivity index is 1.70. The Morgan fingerprint density at radius 1 is 1.19 bits per heavy atom. The van der Waals surface area contributed by atoms with Crippen LogP contribution in [0.5, 0.6) is 5.75 Å². The number of likely N-dealkylation sites (N-methyl/N-ethyl adjacent to an activating group) is 1. The molecule has 0 bridgehead atoms. The van der Waals surface area contributed by atoms with Gasteiger partial charge in [0, 0.05) is 7.05 Å². The van der Waals surface area contributed by atoms with Gasteiger partial charge in [-0.05, 0) is 31.2 Å². The summed E-state index contributed by atoms with van der Waals surface area (Å²) in [6.45, 7) is 2.17. The highest BCUT2D eigenvalue weighted by Crippen LogP contribution is 2.24. The molecule has 0 N–H and O–H groups in total. The molecule has 0 aliphatic carbocycles. The van der Waals surface area contributed by atoms with Gasteiger partial charge in [-0.3, -0.25) is 4.79 Å². The number of aryl methyl sites for hydroxylation is 1. The van der Waals surface area contributed by atoms with Gasteiger partial charge in [-0.1, -0.05) is 41.9 Å². The molecule has 1 amide bonds. The lowest BCUT2D eigenvalue weighted by Gasteiger charge is -2.17. The van der Waals surface area contributed by atoms with Crippen LogP contribution < -0.4 is 4.74 Å². The standard InChI is InChI=1S/C20H19ClFN3O2/c1-14-18(19(21)25(23-14)15-8-4-3-5-9-15)20(26)24(2)12-13-27-17-11-7-6-10-16(17)22/h3-11H,12-13H2,1-2H3. The number of carbonyl (C=O) groups is 1. The van der Waals surface area contributed by atoms with E-state index in [-0.39, 0.29) is 30.0 Å². The second kappa shape index (κ2) is 8.22. The molecule has 7 heteroatoms. The smallest absolute Gasteiger partial charge is 0.258 e. The van der Waals surface area contributed by atoms with Crippen LogP contribution >= 0.6 is 11.6 Å². The van der Waals surface area contributed by atoms with Gasteiger partial charge in [0.05, 0.1) is 23.5 Å². The van der Waals surface area contributed by atoms with Crippen LogP contribution in [0.25, 0.3) is 5.69 Å². The first-order valence-corrected chi connectivity index (χ1v) is 8.80. The van der Waals surface area contributed by atoms with E-state index in [2.05, 4.69) is 5.10 Å². The summed E-state index contributed by atoms with van der Waals surface area (Å²) < 4.78 is 20.5. The Hall–Kier alpha value is -2.86. The Morgan fingerprint density at radius 3 is 2.56 bits per heavy atom. The summed E-state index contributed by atoms with van der Waals surface area (Å²) in [6, 6.07) is 15.5. The highest BCUT2D eigenvalue weighted by Gasteiger charge is 2.23. The number of ether oxygens (including phenoxy) is 1. The fourth-order valence-electron chi connectivity index (χ4n) is 2.63. The molecule has 0 unspecified atom stereocenters. The van der Waals surface area contributed by atoms with E-state index in [9.17, 15) is 9.18 Å². The van der Waals surface area contributed by atoms with Crippen molar-refractivity contribution < 1.29 is 13.9 Å². The van der Waals surface area contributed by atoms with Crippen molar-refractivity contribution in [2.24, 2.45) is 0 Å². The van der Waals surface area contributed by atoms with Crippen LogP contribution in [0.3, 0.4) is 0 Å². The molecule has 140 valence electrons. The number of amides is 1. The Bertz CT molecular complexity index is 944. The van der Waals surface area contributed by atoms with Crippen LogP contribution in [0, 0.1) is 12.7 Å². The van der Waals surface area contributed by atoms with Gasteiger partial charge in [0.2, 0.25) is 0 Å². The third-order valence-corrected chi connectivity index (χ3v) is 4.44. The van der Waals surface area contributed by atoms with E-state index >= 15 is 0 Å². The zero-order valence-corrected chi connectivity index (χ0v) is 15.8. The van der Waals surface area contributed by atoms with Crippen molar-refractivity contribution in [2.45, 2.75) is 6.92 Å². The molecule has 5 nitrogen and oxygen atoms in total. The summed E-state index contributed by atoms with van der Waals surface area (Å²) in [5.41, 5.74) is 1.65. The highest BCUT2D eigenvalue weighted by molar-refractivity contribution is 6.33. The number of aromatic nitrogens is 2. The van der Waals surface area contributed by atoms with E-state index < -0.39 is 5.82 Å². The second-order valence-corrected chi connectivity index (χ2v) is 6.36. The molecule has 3 aromatic rings. The van der Waals surface area contributed by atoms with Crippen LogP contribution in [0.4, 0.5) is 4.39 Å². The summed E-state index contributed by atoms with van der Waals surface area (Å²) in [5.74, 6) is -0.546. The molecule has 27 heavy (non-hydrogen) atoms. The topological polar surface area (TPSA) is 47.4 Å². The van der Waals surface area contributed by atoms with Gasteiger partial charge in [0.15, 0.2) is 11.6 Å². The summed E-state index contributed by atoms with van der Waals surface area (Å²) in [5, 5.41) is 4.63. The van der Waals surface area contributed by atoms with Crippen molar-refractivity contribution >= 4 is 17.5 Å². The molecule has 1 aromatic heterocycles. The fourth-order valence-corrected chi connectivity index (χ4v) is 2.98. The predicted octanol–water partition coefficient (Wildman–Crippen LogP) is 4.12. The molecule has 0 saturated heterocycles. The minimum atomic E-state index is -0.436. The second-order valence-electron chi connectivity index (χ2n) is 6.00. The quantitative estimate of drug-likeness (QED) is 0.639. The summed E-state index contributed by atoms with van der Waals surface area (Å²) in [7, 11) is 1.64. The van der Waals surface area contributed by atoms with Gasteiger partial charge in [0.1, 0.15) is 11.8 Å². The molecule has 0 fully saturated rings. The van der Waals surface area contributed by atoms with Crippen LogP contribution in [-0.4, -0.2) is 40.8 Å². The minimum absolute atomic E-state index is 0.157. The van der Waals surface area contributed by atoms with E-state index in [1.807, 2.05) is 30.3 Å². The van der Waals surface area contributed by atoms with Crippen LogP contribution in [0.1, 0.15) is 16.1 Å². The minimum Gasteiger partial charge on any atom is -0.489 e. The largest absolute Gasteiger partial charge is 0.489 e. The van der Waals surface area contributed by atoms with Crippen molar-refractivity contribution in [1.82, 2.24) is 14.7 Å². The molecule has 0 radical (unpaired) electrons. The molecular weight excluding hydrogens is 369 g/mol. The molecule has 0 atom stereocenters. The van der Waals surface area contributed by atoms with Gasteiger partial charge in [-0.2, -0.15) is 5.10 Å². The Labute approximate surface area is 161 Å². The molecule has 0 aliphatic rings. The van der Waals surface area contributed by atoms with E-state index in [1.165, 1.54) is 15.6 Å². The summed E-state index contributed by atoms with van der Waals surface area (Å²) in [4.78, 5) is 14.3. The lowest BCUT2D eigenvalue weighted by Crippen LogP contribution is -2.31. The number of hydrogen-bond acceptors (Lipinski definition) is 3. The van der Waals surface area contributed by atoms with E-state index in [1.54, 1.807) is 32.2 Å². The van der Waals surface area contributed by atoms with Crippen molar-refractivity contribution in [3.05, 3.63) is 76.8 Å². The third-order valence-electron chi connectivity index (χ3n) is 4.09. The molecule has 3 rings (SSSR count). The maximum Gasteiger partial charge on any atom is 0.258 e. The average molecular weight is 388 g/mol. The van der Waals surface area contributed by atoms with Crippen molar-refractivity contribution in [1.29, 1.82) is 0 Å². The van der Waals surface area contributed by atoms with Gasteiger partial charge < -0.3 is 9.64 Å². The average Bonchev–Trinajstić information content (AvgIpc) is 2.97. The van der Waals surface area contributed by atoms with Crippen LogP contribution in [0.2, 0.25) is 5.15 Å². The van der Waals surface area contributed by atoms with E-state index in [4.69, 9.17) is 16.3 Å².